The van der Waals surface area contributed by atoms with Crippen molar-refractivity contribution in [2.75, 3.05) is 25.1 Å². The van der Waals surface area contributed by atoms with Crippen LogP contribution in [-0.4, -0.2) is 41.3 Å². The van der Waals surface area contributed by atoms with Crippen molar-refractivity contribution < 1.29 is 19.7 Å². The van der Waals surface area contributed by atoms with Crippen LogP contribution in [-0.2, 0) is 17.6 Å². The normalized spacial score (nSPS) is 14.6. The van der Waals surface area contributed by atoms with E-state index in [1.165, 1.54) is 5.56 Å². The van der Waals surface area contributed by atoms with Gasteiger partial charge in [0.15, 0.2) is 5.78 Å². The van der Waals surface area contributed by atoms with Crippen LogP contribution in [0, 0.1) is 0 Å². The smallest absolute Gasteiger partial charge is 0.156 e. The van der Waals surface area contributed by atoms with Crippen LogP contribution in [0.2, 0.25) is 0 Å². The van der Waals surface area contributed by atoms with E-state index in [1.54, 1.807) is 6.07 Å². The molecule has 1 atom stereocenters. The van der Waals surface area contributed by atoms with Gasteiger partial charge in [-0.1, -0.05) is 31.5 Å². The summed E-state index contributed by atoms with van der Waals surface area (Å²) in [5, 5.41) is 27.0. The molecule has 2 aromatic carbocycles. The maximum absolute atomic E-state index is 11.8. The van der Waals surface area contributed by atoms with Crippen LogP contribution in [0.5, 0.6) is 11.5 Å². The molecular formula is C25H34N2O4. The number of rotatable bonds is 10. The van der Waals surface area contributed by atoms with Crippen LogP contribution < -0.4 is 15.4 Å². The molecule has 0 radical (unpaired) electrons. The second-order valence-electron chi connectivity index (χ2n) is 8.88. The van der Waals surface area contributed by atoms with Gasteiger partial charge in [0.2, 0.25) is 0 Å². The Morgan fingerprint density at radius 3 is 2.61 bits per heavy atom. The van der Waals surface area contributed by atoms with E-state index in [1.807, 2.05) is 18.2 Å². The number of carbonyl (C=O) groups is 1. The Morgan fingerprint density at radius 2 is 1.94 bits per heavy atom. The highest BCUT2D eigenvalue weighted by atomic mass is 16.5. The van der Waals surface area contributed by atoms with Crippen LogP contribution in [0.15, 0.2) is 36.4 Å². The number of phenolic OH excluding ortho intramolecular Hbond substituents is 1. The highest BCUT2D eigenvalue weighted by Gasteiger charge is 2.28. The molecule has 0 aromatic heterocycles. The maximum Gasteiger partial charge on any atom is 0.156 e. The first-order valence-corrected chi connectivity index (χ1v) is 11.0. The van der Waals surface area contributed by atoms with E-state index >= 15 is 0 Å². The Kier molecular flexibility index (Phi) is 7.57. The van der Waals surface area contributed by atoms with Gasteiger partial charge in [-0.25, -0.2) is 0 Å². The molecule has 4 N–H and O–H groups in total. The molecule has 1 unspecified atom stereocenters. The zero-order valence-electron chi connectivity index (χ0n) is 18.7. The Balaban J connectivity index is 1.71. The van der Waals surface area contributed by atoms with Gasteiger partial charge in [0.1, 0.15) is 11.5 Å². The quantitative estimate of drug-likeness (QED) is 0.433. The molecule has 6 heteroatoms. The van der Waals surface area contributed by atoms with E-state index in [4.69, 9.17) is 4.74 Å². The van der Waals surface area contributed by atoms with Crippen molar-refractivity contribution in [3.05, 3.63) is 53.1 Å². The molecule has 1 heterocycles. The van der Waals surface area contributed by atoms with Gasteiger partial charge in [0.25, 0.3) is 0 Å². The SMILES string of the molecule is CCCCOc1ccc(CC(C)(C)NC(CO)c2ccc(O)c3c2NCC(=O)C3)cc1. The molecular weight excluding hydrogens is 392 g/mol. The third kappa shape index (κ3) is 5.99. The Hall–Kier alpha value is -2.57. The zero-order valence-corrected chi connectivity index (χ0v) is 18.7. The number of aromatic hydroxyl groups is 1. The van der Waals surface area contributed by atoms with Gasteiger partial charge in [-0.3, -0.25) is 4.79 Å². The average Bonchev–Trinajstić information content (AvgIpc) is 2.74. The minimum Gasteiger partial charge on any atom is -0.508 e. The van der Waals surface area contributed by atoms with Gasteiger partial charge in [-0.05, 0) is 56.0 Å². The first-order chi connectivity index (χ1) is 14.8. The van der Waals surface area contributed by atoms with E-state index in [9.17, 15) is 15.0 Å². The van der Waals surface area contributed by atoms with Crippen molar-refractivity contribution in [3.8, 4) is 11.5 Å². The molecule has 0 amide bonds. The van der Waals surface area contributed by atoms with Crippen molar-refractivity contribution in [2.24, 2.45) is 0 Å². The first kappa shape index (κ1) is 23.1. The number of carbonyl (C=O) groups excluding carboxylic acids is 1. The van der Waals surface area contributed by atoms with Gasteiger partial charge >= 0.3 is 0 Å². The fraction of sp³-hybridized carbons (Fsp3) is 0.480. The predicted octanol–water partition coefficient (Wildman–Crippen LogP) is 3.75. The largest absolute Gasteiger partial charge is 0.508 e. The molecule has 0 spiro atoms. The van der Waals surface area contributed by atoms with E-state index in [2.05, 4.69) is 43.5 Å². The lowest BCUT2D eigenvalue weighted by Gasteiger charge is -2.33. The lowest BCUT2D eigenvalue weighted by molar-refractivity contribution is -0.117. The number of aliphatic hydroxyl groups excluding tert-OH is 1. The Morgan fingerprint density at radius 1 is 1.19 bits per heavy atom. The second kappa shape index (κ2) is 10.2. The number of anilines is 1. The van der Waals surface area contributed by atoms with E-state index in [-0.39, 0.29) is 42.7 Å². The number of unbranched alkanes of at least 4 members (excludes halogenated alkanes) is 1. The summed E-state index contributed by atoms with van der Waals surface area (Å²) in [6.07, 6.45) is 3.13. The van der Waals surface area contributed by atoms with Gasteiger partial charge in [0.05, 0.1) is 25.8 Å². The first-order valence-electron chi connectivity index (χ1n) is 11.0. The molecule has 0 saturated carbocycles. The highest BCUT2D eigenvalue weighted by Crippen LogP contribution is 2.36. The number of nitrogens with one attached hydrogen (secondary N) is 2. The van der Waals surface area contributed by atoms with Gasteiger partial charge in [-0.2, -0.15) is 0 Å². The molecule has 0 bridgehead atoms. The molecule has 0 fully saturated rings. The summed E-state index contributed by atoms with van der Waals surface area (Å²) in [5.74, 6) is 1.03. The number of benzene rings is 2. The average molecular weight is 427 g/mol. The molecule has 1 aliphatic heterocycles. The molecule has 31 heavy (non-hydrogen) atoms. The van der Waals surface area contributed by atoms with Crippen LogP contribution in [0.25, 0.3) is 0 Å². The van der Waals surface area contributed by atoms with E-state index in [0.717, 1.165) is 42.9 Å². The Labute approximate surface area is 184 Å². The number of hydrogen-bond acceptors (Lipinski definition) is 6. The predicted molar refractivity (Wildman–Crippen MR) is 123 cm³/mol. The fourth-order valence-electron chi connectivity index (χ4n) is 4.07. The highest BCUT2D eigenvalue weighted by molar-refractivity contribution is 5.91. The standard InChI is InChI=1S/C25H34N2O4/c1-4-5-12-31-19-8-6-17(7-9-19)14-25(2,3)27-22(16-28)20-10-11-23(30)21-13-18(29)15-26-24(20)21/h6-11,22,26-28,30H,4-5,12-16H2,1-3H3. The lowest BCUT2D eigenvalue weighted by Crippen LogP contribution is -2.45. The number of ether oxygens (including phenoxy) is 1. The van der Waals surface area contributed by atoms with Gasteiger partial charge in [-0.15, -0.1) is 0 Å². The second-order valence-corrected chi connectivity index (χ2v) is 8.88. The summed E-state index contributed by atoms with van der Waals surface area (Å²) in [6, 6.07) is 11.2. The van der Waals surface area contributed by atoms with Crippen LogP contribution >= 0.6 is 0 Å². The van der Waals surface area contributed by atoms with Gasteiger partial charge in [0, 0.05) is 23.2 Å². The Bertz CT molecular complexity index is 893. The summed E-state index contributed by atoms with van der Waals surface area (Å²) >= 11 is 0. The number of fused-ring (bicyclic) bond motifs is 1. The topological polar surface area (TPSA) is 90.8 Å². The number of ketones is 1. The summed E-state index contributed by atoms with van der Waals surface area (Å²) in [5.41, 5.74) is 3.08. The van der Waals surface area contributed by atoms with Crippen molar-refractivity contribution in [1.82, 2.24) is 5.32 Å². The number of hydrogen-bond donors (Lipinski definition) is 4. The maximum atomic E-state index is 11.8. The lowest BCUT2D eigenvalue weighted by atomic mass is 9.90. The minimum absolute atomic E-state index is 0.0379. The van der Waals surface area contributed by atoms with Crippen molar-refractivity contribution in [3.63, 3.8) is 0 Å². The minimum atomic E-state index is -0.332. The molecule has 1 aliphatic rings. The third-order valence-corrected chi connectivity index (χ3v) is 5.62. The van der Waals surface area contributed by atoms with Gasteiger partial charge < -0.3 is 25.6 Å². The zero-order chi connectivity index (χ0) is 22.4. The fourth-order valence-corrected chi connectivity index (χ4v) is 4.07. The number of aliphatic hydroxyl groups is 1. The van der Waals surface area contributed by atoms with Crippen molar-refractivity contribution in [1.29, 1.82) is 0 Å². The van der Waals surface area contributed by atoms with Crippen LogP contribution in [0.3, 0.4) is 0 Å². The third-order valence-electron chi connectivity index (χ3n) is 5.62. The molecule has 168 valence electrons. The summed E-state index contributed by atoms with van der Waals surface area (Å²) in [7, 11) is 0. The number of phenols is 1. The molecule has 2 aromatic rings. The summed E-state index contributed by atoms with van der Waals surface area (Å²) < 4.78 is 5.74. The van der Waals surface area contributed by atoms with Crippen LogP contribution in [0.1, 0.15) is 56.3 Å². The molecule has 3 rings (SSSR count). The molecule has 0 saturated heterocycles. The summed E-state index contributed by atoms with van der Waals surface area (Å²) in [4.78, 5) is 11.8. The molecule has 6 nitrogen and oxygen atoms in total. The monoisotopic (exact) mass is 426 g/mol. The van der Waals surface area contributed by atoms with Crippen molar-refractivity contribution in [2.45, 2.75) is 58.0 Å². The summed E-state index contributed by atoms with van der Waals surface area (Å²) in [6.45, 7) is 7.22. The number of Topliss-reactive ketones (excluding diaryl/α,β-unsaturated/α-hetero) is 1. The molecule has 0 aliphatic carbocycles. The van der Waals surface area contributed by atoms with E-state index in [0.29, 0.717) is 5.56 Å². The van der Waals surface area contributed by atoms with E-state index < -0.39 is 0 Å². The van der Waals surface area contributed by atoms with Crippen molar-refractivity contribution >= 4 is 11.5 Å². The van der Waals surface area contributed by atoms with Crippen LogP contribution in [0.4, 0.5) is 5.69 Å².